The van der Waals surface area contributed by atoms with Gasteiger partial charge in [-0.15, -0.1) is 0 Å². The highest BCUT2D eigenvalue weighted by atomic mass is 16.2. The Morgan fingerprint density at radius 2 is 1.48 bits per heavy atom. The van der Waals surface area contributed by atoms with Crippen LogP contribution in [0.1, 0.15) is 59.5 Å². The summed E-state index contributed by atoms with van der Waals surface area (Å²) in [6, 6.07) is 24.6. The largest absolute Gasteiger partial charge is 0.354 e. The van der Waals surface area contributed by atoms with Crippen molar-refractivity contribution in [2.24, 2.45) is 0 Å². The molecule has 1 aliphatic carbocycles. The molecule has 1 fully saturated rings. The highest BCUT2D eigenvalue weighted by molar-refractivity contribution is 6.08. The van der Waals surface area contributed by atoms with E-state index in [9.17, 15) is 4.79 Å². The van der Waals surface area contributed by atoms with Crippen LogP contribution in [0.15, 0.2) is 72.8 Å². The Morgan fingerprint density at radius 1 is 0.793 bits per heavy atom. The topological polar surface area (TPSA) is 32.3 Å². The lowest BCUT2D eigenvalue weighted by Crippen LogP contribution is -2.30. The van der Waals surface area contributed by atoms with Crippen molar-refractivity contribution >= 4 is 23.0 Å². The first-order chi connectivity index (χ1) is 14.3. The summed E-state index contributed by atoms with van der Waals surface area (Å²) in [6.07, 6.45) is 6.55. The molecule has 3 nitrogen and oxygen atoms in total. The molecular formula is C26H26N2O. The first-order valence-electron chi connectivity index (χ1n) is 10.7. The number of para-hydroxylation sites is 3. The van der Waals surface area contributed by atoms with Crippen molar-refractivity contribution < 1.29 is 4.79 Å². The Balaban J connectivity index is 1.47. The summed E-state index contributed by atoms with van der Waals surface area (Å²) in [7, 11) is 0. The Hall–Kier alpha value is -3.07. The summed E-state index contributed by atoms with van der Waals surface area (Å²) >= 11 is 0. The predicted octanol–water partition coefficient (Wildman–Crippen LogP) is 6.64. The molecule has 0 unspecified atom stereocenters. The highest BCUT2D eigenvalue weighted by Crippen LogP contribution is 2.37. The van der Waals surface area contributed by atoms with Crippen LogP contribution in [0.2, 0.25) is 0 Å². The van der Waals surface area contributed by atoms with E-state index in [1.165, 1.54) is 37.7 Å². The first-order valence-corrected chi connectivity index (χ1v) is 10.7. The average molecular weight is 383 g/mol. The first kappa shape index (κ1) is 18.0. The number of carbonyl (C=O) groups is 1. The molecule has 29 heavy (non-hydrogen) atoms. The summed E-state index contributed by atoms with van der Waals surface area (Å²) in [5.74, 6) is 0.703. The lowest BCUT2D eigenvalue weighted by molar-refractivity contribution is 0.0985. The van der Waals surface area contributed by atoms with Crippen LogP contribution in [0.4, 0.5) is 17.1 Å². The molecule has 0 aromatic heterocycles. The van der Waals surface area contributed by atoms with Gasteiger partial charge in [0.15, 0.2) is 0 Å². The second-order valence-electron chi connectivity index (χ2n) is 8.15. The summed E-state index contributed by atoms with van der Waals surface area (Å²) in [5.41, 5.74) is 6.19. The molecule has 1 N–H and O–H groups in total. The molecule has 3 aromatic rings. The minimum atomic E-state index is 0.0474. The number of benzene rings is 3. The van der Waals surface area contributed by atoms with Crippen LogP contribution in [0.25, 0.3) is 0 Å². The number of hydrogen-bond donors (Lipinski definition) is 1. The molecule has 3 heteroatoms. The maximum Gasteiger partial charge on any atom is 0.258 e. The maximum atomic E-state index is 13.5. The molecule has 3 aromatic carbocycles. The van der Waals surface area contributed by atoms with E-state index in [4.69, 9.17) is 0 Å². The smallest absolute Gasteiger partial charge is 0.258 e. The van der Waals surface area contributed by atoms with Gasteiger partial charge in [0.2, 0.25) is 0 Å². The lowest BCUT2D eigenvalue weighted by Gasteiger charge is -2.24. The summed E-state index contributed by atoms with van der Waals surface area (Å²) in [4.78, 5) is 15.4. The van der Waals surface area contributed by atoms with Crippen LogP contribution >= 0.6 is 0 Å². The highest BCUT2D eigenvalue weighted by Gasteiger charge is 2.25. The molecule has 0 radical (unpaired) electrons. The van der Waals surface area contributed by atoms with E-state index < -0.39 is 0 Å². The Bertz CT molecular complexity index is 1020. The normalized spacial score (nSPS) is 16.3. The third-order valence-electron chi connectivity index (χ3n) is 6.29. The Kier molecular flexibility index (Phi) is 4.81. The third-order valence-corrected chi connectivity index (χ3v) is 6.29. The summed E-state index contributed by atoms with van der Waals surface area (Å²) in [6.45, 7) is 0.559. The molecule has 2 aliphatic rings. The van der Waals surface area contributed by atoms with E-state index in [0.717, 1.165) is 28.2 Å². The molecule has 146 valence electrons. The fourth-order valence-electron chi connectivity index (χ4n) is 4.67. The second-order valence-corrected chi connectivity index (χ2v) is 8.15. The number of anilines is 3. The third kappa shape index (κ3) is 3.53. The number of carbonyl (C=O) groups excluding carboxylic acids is 1. The van der Waals surface area contributed by atoms with E-state index >= 15 is 0 Å². The molecule has 0 spiro atoms. The quantitative estimate of drug-likeness (QED) is 0.539. The monoisotopic (exact) mass is 382 g/mol. The molecule has 1 aliphatic heterocycles. The zero-order valence-electron chi connectivity index (χ0n) is 16.6. The van der Waals surface area contributed by atoms with Crippen LogP contribution in [0, 0.1) is 0 Å². The summed E-state index contributed by atoms with van der Waals surface area (Å²) in [5, 5.41) is 3.50. The standard InChI is InChI=1S/C26H26N2O/c29-26(21-16-14-20(15-17-21)19-8-2-1-3-9-19)28-18-22-10-4-5-11-23(22)27-24-12-6-7-13-25(24)28/h4-7,10-17,19,27H,1-3,8-9,18H2. The number of nitrogens with zero attached hydrogens (tertiary/aromatic N) is 1. The predicted molar refractivity (Wildman–Crippen MR) is 119 cm³/mol. The van der Waals surface area contributed by atoms with Gasteiger partial charge in [-0.25, -0.2) is 0 Å². The fourth-order valence-corrected chi connectivity index (χ4v) is 4.67. The molecule has 0 atom stereocenters. The van der Waals surface area contributed by atoms with Crippen molar-refractivity contribution in [1.82, 2.24) is 0 Å². The zero-order chi connectivity index (χ0) is 19.6. The molecule has 1 heterocycles. The van der Waals surface area contributed by atoms with E-state index in [0.29, 0.717) is 12.5 Å². The van der Waals surface area contributed by atoms with Crippen molar-refractivity contribution in [2.45, 2.75) is 44.6 Å². The van der Waals surface area contributed by atoms with Gasteiger partial charge < -0.3 is 10.2 Å². The van der Waals surface area contributed by atoms with E-state index in [-0.39, 0.29) is 5.91 Å². The van der Waals surface area contributed by atoms with Crippen LogP contribution in [-0.4, -0.2) is 5.91 Å². The minimum absolute atomic E-state index is 0.0474. The van der Waals surface area contributed by atoms with Gasteiger partial charge in [0.1, 0.15) is 0 Å². The average Bonchev–Trinajstić information content (AvgIpc) is 2.96. The van der Waals surface area contributed by atoms with Gasteiger partial charge in [-0.2, -0.15) is 0 Å². The van der Waals surface area contributed by atoms with Crippen molar-refractivity contribution in [2.75, 3.05) is 10.2 Å². The van der Waals surface area contributed by atoms with Gasteiger partial charge in [-0.05, 0) is 60.2 Å². The molecular weight excluding hydrogens is 356 g/mol. The van der Waals surface area contributed by atoms with Gasteiger partial charge in [-0.1, -0.05) is 61.7 Å². The molecule has 5 rings (SSSR count). The molecule has 0 bridgehead atoms. The Morgan fingerprint density at radius 3 is 2.28 bits per heavy atom. The van der Waals surface area contributed by atoms with E-state index in [1.54, 1.807) is 0 Å². The number of hydrogen-bond acceptors (Lipinski definition) is 2. The van der Waals surface area contributed by atoms with Gasteiger partial charge >= 0.3 is 0 Å². The SMILES string of the molecule is O=C(c1ccc(C2CCCCC2)cc1)N1Cc2ccccc2Nc2ccccc21. The second kappa shape index (κ2) is 7.75. The van der Waals surface area contributed by atoms with Crippen LogP contribution in [-0.2, 0) is 6.54 Å². The van der Waals surface area contributed by atoms with E-state index in [1.807, 2.05) is 53.4 Å². The van der Waals surface area contributed by atoms with Gasteiger partial charge in [0.25, 0.3) is 5.91 Å². The Labute approximate surface area is 172 Å². The van der Waals surface area contributed by atoms with Crippen LogP contribution < -0.4 is 10.2 Å². The van der Waals surface area contributed by atoms with Gasteiger partial charge in [-0.3, -0.25) is 4.79 Å². The minimum Gasteiger partial charge on any atom is -0.354 e. The summed E-state index contributed by atoms with van der Waals surface area (Å²) < 4.78 is 0. The zero-order valence-corrected chi connectivity index (χ0v) is 16.6. The van der Waals surface area contributed by atoms with Crippen molar-refractivity contribution in [3.8, 4) is 0 Å². The van der Waals surface area contributed by atoms with Gasteiger partial charge in [0, 0.05) is 11.3 Å². The van der Waals surface area contributed by atoms with E-state index in [2.05, 4.69) is 29.6 Å². The van der Waals surface area contributed by atoms with Gasteiger partial charge in [0.05, 0.1) is 17.9 Å². The lowest BCUT2D eigenvalue weighted by atomic mass is 9.84. The number of fused-ring (bicyclic) bond motifs is 2. The number of nitrogens with one attached hydrogen (secondary N) is 1. The fraction of sp³-hybridized carbons (Fsp3) is 0.269. The number of amides is 1. The molecule has 0 saturated heterocycles. The van der Waals surface area contributed by atoms with Crippen molar-refractivity contribution in [3.05, 3.63) is 89.5 Å². The van der Waals surface area contributed by atoms with Crippen molar-refractivity contribution in [1.29, 1.82) is 0 Å². The van der Waals surface area contributed by atoms with Crippen LogP contribution in [0.3, 0.4) is 0 Å². The molecule has 1 saturated carbocycles. The maximum absolute atomic E-state index is 13.5. The molecule has 1 amide bonds. The van der Waals surface area contributed by atoms with Crippen LogP contribution in [0.5, 0.6) is 0 Å². The number of rotatable bonds is 2. The van der Waals surface area contributed by atoms with Crippen molar-refractivity contribution in [3.63, 3.8) is 0 Å².